The van der Waals surface area contributed by atoms with Crippen molar-refractivity contribution in [2.24, 2.45) is 5.73 Å². The van der Waals surface area contributed by atoms with Crippen molar-refractivity contribution in [3.8, 4) is 0 Å². The number of nitrogens with zero attached hydrogens (tertiary/aromatic N) is 4. The second-order valence-electron chi connectivity index (χ2n) is 7.36. The van der Waals surface area contributed by atoms with Gasteiger partial charge in [-0.3, -0.25) is 4.79 Å². The number of aryl methyl sites for hydroxylation is 1. The van der Waals surface area contributed by atoms with E-state index in [-0.39, 0.29) is 6.04 Å². The third kappa shape index (κ3) is 3.54. The molecule has 1 aromatic carbocycles. The van der Waals surface area contributed by atoms with Crippen LogP contribution in [-0.4, -0.2) is 27.0 Å². The van der Waals surface area contributed by atoms with Gasteiger partial charge in [-0.05, 0) is 49.9 Å². The van der Waals surface area contributed by atoms with Gasteiger partial charge in [-0.1, -0.05) is 13.3 Å². The normalized spacial score (nSPS) is 16.7. The maximum Gasteiger partial charge on any atom is 0.254 e. The van der Waals surface area contributed by atoms with Crippen molar-refractivity contribution in [2.75, 3.05) is 11.4 Å². The summed E-state index contributed by atoms with van der Waals surface area (Å²) in [6.07, 6.45) is 5.77. The van der Waals surface area contributed by atoms with Crippen LogP contribution < -0.4 is 10.6 Å². The number of amides is 1. The van der Waals surface area contributed by atoms with Gasteiger partial charge in [0.15, 0.2) is 5.65 Å². The highest BCUT2D eigenvalue weighted by Crippen LogP contribution is 2.37. The van der Waals surface area contributed by atoms with Crippen molar-refractivity contribution in [3.63, 3.8) is 0 Å². The van der Waals surface area contributed by atoms with Gasteiger partial charge in [0, 0.05) is 18.3 Å². The zero-order valence-corrected chi connectivity index (χ0v) is 16.2. The molecule has 6 nitrogen and oxygen atoms in total. The zero-order chi connectivity index (χ0) is 20.5. The number of halogens is 2. The van der Waals surface area contributed by atoms with Gasteiger partial charge in [0.1, 0.15) is 23.0 Å². The average molecular weight is 399 g/mol. The lowest BCUT2D eigenvalue weighted by Crippen LogP contribution is -2.25. The molecule has 3 heterocycles. The number of rotatable bonds is 6. The van der Waals surface area contributed by atoms with E-state index in [9.17, 15) is 13.6 Å². The van der Waals surface area contributed by atoms with Gasteiger partial charge >= 0.3 is 0 Å². The minimum Gasteiger partial charge on any atom is -0.365 e. The van der Waals surface area contributed by atoms with Crippen molar-refractivity contribution in [2.45, 2.75) is 45.1 Å². The summed E-state index contributed by atoms with van der Waals surface area (Å²) in [5.41, 5.74) is 7.29. The van der Waals surface area contributed by atoms with Crippen LogP contribution in [0.5, 0.6) is 0 Å². The number of hydrogen-bond donors (Lipinski definition) is 1. The summed E-state index contributed by atoms with van der Waals surface area (Å²) in [6.45, 7) is 2.72. The van der Waals surface area contributed by atoms with Crippen LogP contribution in [0.3, 0.4) is 0 Å². The maximum absolute atomic E-state index is 14.4. The van der Waals surface area contributed by atoms with Crippen LogP contribution in [0.2, 0.25) is 0 Å². The number of carbonyl (C=O) groups is 1. The molecule has 1 amide bonds. The summed E-state index contributed by atoms with van der Waals surface area (Å²) in [6, 6.07) is 4.98. The molecule has 0 spiro atoms. The number of unbranched alkanes of at least 4 members (excludes halogenated alkanes) is 1. The molecule has 0 bridgehead atoms. The highest BCUT2D eigenvalue weighted by molar-refractivity contribution is 6.00. The van der Waals surface area contributed by atoms with Crippen molar-refractivity contribution in [1.29, 1.82) is 0 Å². The Balaban J connectivity index is 1.76. The average Bonchev–Trinajstić information content (AvgIpc) is 3.31. The number of aromatic nitrogens is 3. The second-order valence-corrected chi connectivity index (χ2v) is 7.36. The standard InChI is InChI=1S/C21H23F2N5O/c1-2-3-5-16-19(20(24)29)21-25-18(9-11-28(21)26-16)27-10-4-6-17(27)14-12-13(22)7-8-15(14)23/h7-9,11-12,17H,2-6,10H2,1H3,(H2,24,29). The fraction of sp³-hybridized carbons (Fsp3) is 0.381. The fourth-order valence-corrected chi connectivity index (χ4v) is 4.03. The third-order valence-corrected chi connectivity index (χ3v) is 5.42. The molecule has 152 valence electrons. The smallest absolute Gasteiger partial charge is 0.254 e. The first-order valence-electron chi connectivity index (χ1n) is 9.89. The van der Waals surface area contributed by atoms with E-state index in [0.717, 1.165) is 31.4 Å². The number of fused-ring (bicyclic) bond motifs is 1. The number of anilines is 1. The summed E-state index contributed by atoms with van der Waals surface area (Å²) in [5, 5.41) is 4.47. The summed E-state index contributed by atoms with van der Waals surface area (Å²) in [7, 11) is 0. The molecule has 4 rings (SSSR count). The molecule has 2 aromatic heterocycles. The van der Waals surface area contributed by atoms with E-state index in [1.165, 1.54) is 6.07 Å². The molecule has 8 heteroatoms. The van der Waals surface area contributed by atoms with E-state index in [0.29, 0.717) is 47.7 Å². The zero-order valence-electron chi connectivity index (χ0n) is 16.2. The number of primary amides is 1. The Morgan fingerprint density at radius 1 is 1.31 bits per heavy atom. The first-order valence-corrected chi connectivity index (χ1v) is 9.89. The Labute approximate surface area is 167 Å². The molecule has 0 radical (unpaired) electrons. The molecule has 29 heavy (non-hydrogen) atoms. The van der Waals surface area contributed by atoms with Crippen molar-refractivity contribution >= 4 is 17.4 Å². The maximum atomic E-state index is 14.4. The van der Waals surface area contributed by atoms with Crippen LogP contribution in [0.1, 0.15) is 60.3 Å². The van der Waals surface area contributed by atoms with E-state index in [1.807, 2.05) is 4.90 Å². The van der Waals surface area contributed by atoms with E-state index in [2.05, 4.69) is 17.0 Å². The highest BCUT2D eigenvalue weighted by Gasteiger charge is 2.30. The molecule has 0 aliphatic carbocycles. The van der Waals surface area contributed by atoms with Gasteiger partial charge in [0.2, 0.25) is 0 Å². The lowest BCUT2D eigenvalue weighted by Gasteiger charge is -2.26. The van der Waals surface area contributed by atoms with Crippen LogP contribution in [0.25, 0.3) is 5.65 Å². The molecular weight excluding hydrogens is 376 g/mol. The third-order valence-electron chi connectivity index (χ3n) is 5.42. The van der Waals surface area contributed by atoms with Crippen LogP contribution in [0, 0.1) is 11.6 Å². The molecule has 1 unspecified atom stereocenters. The van der Waals surface area contributed by atoms with E-state index < -0.39 is 17.5 Å². The Morgan fingerprint density at radius 2 is 2.14 bits per heavy atom. The van der Waals surface area contributed by atoms with Gasteiger partial charge in [-0.15, -0.1) is 0 Å². The Morgan fingerprint density at radius 3 is 2.90 bits per heavy atom. The lowest BCUT2D eigenvalue weighted by molar-refractivity contribution is 0.100. The Bertz CT molecular complexity index is 1060. The highest BCUT2D eigenvalue weighted by atomic mass is 19.1. The monoisotopic (exact) mass is 399 g/mol. The molecule has 0 saturated carbocycles. The van der Waals surface area contributed by atoms with Gasteiger partial charge in [0.25, 0.3) is 5.91 Å². The second kappa shape index (κ2) is 7.77. The van der Waals surface area contributed by atoms with Crippen LogP contribution in [0.4, 0.5) is 14.6 Å². The van der Waals surface area contributed by atoms with Crippen molar-refractivity contribution < 1.29 is 13.6 Å². The van der Waals surface area contributed by atoms with Crippen molar-refractivity contribution in [1.82, 2.24) is 14.6 Å². The van der Waals surface area contributed by atoms with E-state index in [1.54, 1.807) is 16.8 Å². The molecule has 1 fully saturated rings. The lowest BCUT2D eigenvalue weighted by atomic mass is 10.0. The van der Waals surface area contributed by atoms with Crippen molar-refractivity contribution in [3.05, 3.63) is 58.9 Å². The first kappa shape index (κ1) is 19.3. The summed E-state index contributed by atoms with van der Waals surface area (Å²) in [5.74, 6) is -0.879. The fourth-order valence-electron chi connectivity index (χ4n) is 4.03. The molecule has 3 aromatic rings. The minimum atomic E-state index is -0.565. The number of hydrogen-bond acceptors (Lipinski definition) is 4. The van der Waals surface area contributed by atoms with E-state index in [4.69, 9.17) is 5.73 Å². The predicted octanol–water partition coefficient (Wildman–Crippen LogP) is 3.79. The molecule has 1 atom stereocenters. The summed E-state index contributed by atoms with van der Waals surface area (Å²) >= 11 is 0. The van der Waals surface area contributed by atoms with Gasteiger partial charge in [-0.2, -0.15) is 5.10 Å². The largest absolute Gasteiger partial charge is 0.365 e. The van der Waals surface area contributed by atoms with E-state index >= 15 is 0 Å². The van der Waals surface area contributed by atoms with Crippen LogP contribution in [0.15, 0.2) is 30.5 Å². The van der Waals surface area contributed by atoms with Crippen LogP contribution >= 0.6 is 0 Å². The quantitative estimate of drug-likeness (QED) is 0.684. The number of nitrogens with two attached hydrogens (primary N) is 1. The summed E-state index contributed by atoms with van der Waals surface area (Å²) in [4.78, 5) is 18.7. The summed E-state index contributed by atoms with van der Waals surface area (Å²) < 4.78 is 29.6. The predicted molar refractivity (Wildman–Crippen MR) is 106 cm³/mol. The Hall–Kier alpha value is -3.03. The number of carbonyl (C=O) groups excluding carboxylic acids is 1. The Kier molecular flexibility index (Phi) is 5.17. The molecule has 1 saturated heterocycles. The molecular formula is C21H23F2N5O. The molecule has 2 N–H and O–H groups in total. The minimum absolute atomic E-state index is 0.316. The van der Waals surface area contributed by atoms with Gasteiger partial charge in [0.05, 0.1) is 11.7 Å². The number of benzene rings is 1. The topological polar surface area (TPSA) is 76.5 Å². The van der Waals surface area contributed by atoms with Gasteiger partial charge in [-0.25, -0.2) is 18.3 Å². The van der Waals surface area contributed by atoms with Crippen LogP contribution in [-0.2, 0) is 6.42 Å². The molecule has 1 aliphatic rings. The SMILES string of the molecule is CCCCc1nn2ccc(N3CCCC3c3cc(F)ccc3F)nc2c1C(N)=O. The molecule has 1 aliphatic heterocycles. The van der Waals surface area contributed by atoms with Gasteiger partial charge < -0.3 is 10.6 Å². The first-order chi connectivity index (χ1) is 14.0.